The van der Waals surface area contributed by atoms with Crippen molar-refractivity contribution in [2.24, 2.45) is 0 Å². The first-order valence-electron chi connectivity index (χ1n) is 8.66. The molecule has 0 spiro atoms. The molecule has 2 aromatic carbocycles. The topological polar surface area (TPSA) is 39.7 Å². The van der Waals surface area contributed by atoms with E-state index in [4.69, 9.17) is 25.8 Å². The van der Waals surface area contributed by atoms with Crippen LogP contribution in [0.3, 0.4) is 0 Å². The first-order chi connectivity index (χ1) is 12.7. The van der Waals surface area contributed by atoms with E-state index in [0.717, 1.165) is 25.1 Å². The first kappa shape index (κ1) is 23.5. The lowest BCUT2D eigenvalue weighted by Crippen LogP contribution is -2.16. The van der Waals surface area contributed by atoms with Crippen molar-refractivity contribution in [2.45, 2.75) is 26.5 Å². The fraction of sp³-hybridized carbons (Fsp3) is 0.400. The Morgan fingerprint density at radius 1 is 1.15 bits per heavy atom. The second-order valence-corrected chi connectivity index (χ2v) is 6.15. The Kier molecular flexibility index (Phi) is 11.1. The largest absolute Gasteiger partial charge is 0.490 e. The van der Waals surface area contributed by atoms with E-state index in [1.807, 2.05) is 19.1 Å². The Morgan fingerprint density at radius 3 is 2.63 bits per heavy atom. The molecule has 0 saturated heterocycles. The van der Waals surface area contributed by atoms with Gasteiger partial charge in [-0.1, -0.05) is 29.8 Å². The van der Waals surface area contributed by atoms with Crippen LogP contribution in [-0.4, -0.2) is 26.9 Å². The molecule has 27 heavy (non-hydrogen) atoms. The van der Waals surface area contributed by atoms with Crippen LogP contribution in [0.4, 0.5) is 4.39 Å². The third-order valence-corrected chi connectivity index (χ3v) is 4.01. The summed E-state index contributed by atoms with van der Waals surface area (Å²) in [5.74, 6) is 0.684. The maximum Gasteiger partial charge on any atom is 0.180 e. The Morgan fingerprint density at radius 2 is 1.93 bits per heavy atom. The molecule has 7 heteroatoms. The predicted octanol–water partition coefficient (Wildman–Crippen LogP) is 5.00. The highest BCUT2D eigenvalue weighted by molar-refractivity contribution is 6.32. The number of benzene rings is 2. The van der Waals surface area contributed by atoms with Gasteiger partial charge in [-0.3, -0.25) is 0 Å². The first-order valence-corrected chi connectivity index (χ1v) is 9.04. The summed E-state index contributed by atoms with van der Waals surface area (Å²) in [6, 6.07) is 10.2. The van der Waals surface area contributed by atoms with Crippen LogP contribution in [0.5, 0.6) is 11.5 Å². The summed E-state index contributed by atoms with van der Waals surface area (Å²) in [7, 11) is 1.69. The number of nitrogens with one attached hydrogen (secondary N) is 1. The smallest absolute Gasteiger partial charge is 0.180 e. The standard InChI is InChI=1S/C20H25ClFNO3.ClH/c1-3-25-19-12-15(13-23-9-6-10-24-2)11-17(21)20(19)26-14-16-7-4-5-8-18(16)22;/h4-5,7-8,11-12,23H,3,6,9-10,13-14H2,1-2H3;1H. The van der Waals surface area contributed by atoms with Crippen molar-refractivity contribution in [1.29, 1.82) is 0 Å². The van der Waals surface area contributed by atoms with E-state index < -0.39 is 0 Å². The van der Waals surface area contributed by atoms with Crippen LogP contribution < -0.4 is 14.8 Å². The fourth-order valence-corrected chi connectivity index (χ4v) is 2.75. The highest BCUT2D eigenvalue weighted by Gasteiger charge is 2.14. The fourth-order valence-electron chi connectivity index (χ4n) is 2.47. The lowest BCUT2D eigenvalue weighted by molar-refractivity contribution is 0.194. The van der Waals surface area contributed by atoms with E-state index in [9.17, 15) is 4.39 Å². The number of methoxy groups -OCH3 is 1. The van der Waals surface area contributed by atoms with Crippen LogP contribution in [0.25, 0.3) is 0 Å². The SMILES string of the molecule is CCOc1cc(CNCCCOC)cc(Cl)c1OCc1ccccc1F.Cl. The number of ether oxygens (including phenoxy) is 3. The van der Waals surface area contributed by atoms with Gasteiger partial charge in [0.15, 0.2) is 11.5 Å². The molecule has 0 bridgehead atoms. The third kappa shape index (κ3) is 7.54. The molecule has 0 saturated carbocycles. The quantitative estimate of drug-likeness (QED) is 0.521. The van der Waals surface area contributed by atoms with Crippen LogP contribution in [0.15, 0.2) is 36.4 Å². The number of hydrogen-bond acceptors (Lipinski definition) is 4. The molecule has 0 aliphatic carbocycles. The second kappa shape index (κ2) is 12.8. The van der Waals surface area contributed by atoms with E-state index in [2.05, 4.69) is 5.32 Å². The number of rotatable bonds is 11. The van der Waals surface area contributed by atoms with Gasteiger partial charge in [-0.15, -0.1) is 12.4 Å². The molecule has 0 unspecified atom stereocenters. The molecule has 0 heterocycles. The Balaban J connectivity index is 0.00000364. The van der Waals surface area contributed by atoms with Crippen LogP contribution in [0, 0.1) is 5.82 Å². The minimum Gasteiger partial charge on any atom is -0.490 e. The molecule has 4 nitrogen and oxygen atoms in total. The van der Waals surface area contributed by atoms with E-state index in [1.54, 1.807) is 25.3 Å². The molecule has 0 fully saturated rings. The average molecular weight is 418 g/mol. The van der Waals surface area contributed by atoms with Crippen molar-refractivity contribution < 1.29 is 18.6 Å². The molecular formula is C20H26Cl2FNO3. The maximum atomic E-state index is 13.8. The molecular weight excluding hydrogens is 392 g/mol. The van der Waals surface area contributed by atoms with Gasteiger partial charge in [0.2, 0.25) is 0 Å². The highest BCUT2D eigenvalue weighted by Crippen LogP contribution is 2.37. The van der Waals surface area contributed by atoms with Gasteiger partial charge in [0.05, 0.1) is 11.6 Å². The summed E-state index contributed by atoms with van der Waals surface area (Å²) in [6.07, 6.45) is 0.937. The Labute approximate surface area is 171 Å². The molecule has 0 amide bonds. The molecule has 0 aromatic heterocycles. The molecule has 1 N–H and O–H groups in total. The van der Waals surface area contributed by atoms with Gasteiger partial charge in [0, 0.05) is 25.8 Å². The molecule has 0 aliphatic rings. The van der Waals surface area contributed by atoms with Gasteiger partial charge in [0.1, 0.15) is 12.4 Å². The third-order valence-electron chi connectivity index (χ3n) is 3.73. The lowest BCUT2D eigenvalue weighted by atomic mass is 10.2. The lowest BCUT2D eigenvalue weighted by Gasteiger charge is -2.16. The number of halogens is 3. The van der Waals surface area contributed by atoms with Crippen LogP contribution in [0.1, 0.15) is 24.5 Å². The highest BCUT2D eigenvalue weighted by atomic mass is 35.5. The molecule has 2 rings (SSSR count). The predicted molar refractivity (Wildman–Crippen MR) is 109 cm³/mol. The van der Waals surface area contributed by atoms with Gasteiger partial charge in [-0.25, -0.2) is 4.39 Å². The zero-order valence-corrected chi connectivity index (χ0v) is 17.2. The molecule has 150 valence electrons. The molecule has 0 aliphatic heterocycles. The monoisotopic (exact) mass is 417 g/mol. The van der Waals surface area contributed by atoms with E-state index in [1.165, 1.54) is 6.07 Å². The molecule has 0 radical (unpaired) electrons. The summed E-state index contributed by atoms with van der Waals surface area (Å²) < 4.78 is 30.2. The summed E-state index contributed by atoms with van der Waals surface area (Å²) in [5.41, 5.74) is 1.46. The van der Waals surface area contributed by atoms with Crippen molar-refractivity contribution in [1.82, 2.24) is 5.32 Å². The van der Waals surface area contributed by atoms with Gasteiger partial charge in [-0.2, -0.15) is 0 Å². The molecule has 0 atom stereocenters. The minimum atomic E-state index is -0.307. The average Bonchev–Trinajstić information content (AvgIpc) is 2.62. The Bertz CT molecular complexity index is 701. The summed E-state index contributed by atoms with van der Waals surface area (Å²) in [6.45, 7) is 4.70. The normalized spacial score (nSPS) is 10.4. The summed E-state index contributed by atoms with van der Waals surface area (Å²) in [4.78, 5) is 0. The maximum absolute atomic E-state index is 13.8. The van der Waals surface area contributed by atoms with Crippen molar-refractivity contribution >= 4 is 24.0 Å². The summed E-state index contributed by atoms with van der Waals surface area (Å²) in [5, 5.41) is 3.78. The Hall–Kier alpha value is -1.53. The number of hydrogen-bond donors (Lipinski definition) is 1. The van der Waals surface area contributed by atoms with Crippen molar-refractivity contribution in [3.8, 4) is 11.5 Å². The van der Waals surface area contributed by atoms with Crippen molar-refractivity contribution in [3.05, 3.63) is 58.4 Å². The van der Waals surface area contributed by atoms with Gasteiger partial charge < -0.3 is 19.5 Å². The summed E-state index contributed by atoms with van der Waals surface area (Å²) >= 11 is 6.39. The van der Waals surface area contributed by atoms with E-state index in [-0.39, 0.29) is 24.8 Å². The van der Waals surface area contributed by atoms with Gasteiger partial charge >= 0.3 is 0 Å². The van der Waals surface area contributed by atoms with Crippen LogP contribution in [-0.2, 0) is 17.9 Å². The zero-order chi connectivity index (χ0) is 18.8. The van der Waals surface area contributed by atoms with Crippen LogP contribution >= 0.6 is 24.0 Å². The van der Waals surface area contributed by atoms with Crippen LogP contribution in [0.2, 0.25) is 5.02 Å². The second-order valence-electron chi connectivity index (χ2n) is 5.74. The molecule has 2 aromatic rings. The van der Waals surface area contributed by atoms with Crippen molar-refractivity contribution in [3.63, 3.8) is 0 Å². The zero-order valence-electron chi connectivity index (χ0n) is 15.6. The van der Waals surface area contributed by atoms with E-state index in [0.29, 0.717) is 35.2 Å². The van der Waals surface area contributed by atoms with Gasteiger partial charge in [-0.05, 0) is 43.7 Å². The van der Waals surface area contributed by atoms with Gasteiger partial charge in [0.25, 0.3) is 0 Å². The van der Waals surface area contributed by atoms with Crippen molar-refractivity contribution in [2.75, 3.05) is 26.9 Å². The van der Waals surface area contributed by atoms with E-state index >= 15 is 0 Å². The minimum absolute atomic E-state index is 0.